The first-order chi connectivity index (χ1) is 6.70. The van der Waals surface area contributed by atoms with E-state index in [-0.39, 0.29) is 0 Å². The van der Waals surface area contributed by atoms with Gasteiger partial charge in [-0.1, -0.05) is 42.7 Å². The van der Waals surface area contributed by atoms with Gasteiger partial charge < -0.3 is 0 Å². The van der Waals surface area contributed by atoms with Crippen LogP contribution >= 0.6 is 0 Å². The summed E-state index contributed by atoms with van der Waals surface area (Å²) in [6.45, 7) is 10.4. The molecule has 0 N–H and O–H groups in total. The summed E-state index contributed by atoms with van der Waals surface area (Å²) in [4.78, 5) is 0. The molecule has 0 radical (unpaired) electrons. The molecular formula is C14H24. The average Bonchev–Trinajstić information content (AvgIpc) is 2.15. The zero-order valence-electron chi connectivity index (χ0n) is 9.97. The van der Waals surface area contributed by atoms with Gasteiger partial charge in [0.15, 0.2) is 0 Å². The van der Waals surface area contributed by atoms with Gasteiger partial charge in [-0.05, 0) is 39.5 Å². The number of allylic oxidation sites excluding steroid dienone is 5. The highest BCUT2D eigenvalue weighted by atomic mass is 14.0. The molecule has 14 heavy (non-hydrogen) atoms. The molecule has 0 aliphatic heterocycles. The second kappa shape index (κ2) is 8.80. The van der Waals surface area contributed by atoms with Crippen LogP contribution in [0.25, 0.3) is 0 Å². The maximum Gasteiger partial charge on any atom is -0.0169 e. The van der Waals surface area contributed by atoms with E-state index in [4.69, 9.17) is 0 Å². The lowest BCUT2D eigenvalue weighted by atomic mass is 10.1. The third-order valence-electron chi connectivity index (χ3n) is 2.31. The number of hydrogen-bond acceptors (Lipinski definition) is 0. The Morgan fingerprint density at radius 1 is 1.07 bits per heavy atom. The van der Waals surface area contributed by atoms with Crippen molar-refractivity contribution in [2.24, 2.45) is 0 Å². The van der Waals surface area contributed by atoms with E-state index in [2.05, 4.69) is 39.5 Å². The first kappa shape index (κ1) is 13.2. The standard InChI is InChI=1S/C14H24/c1-5-7-10-14(4)12-8-11-13(3)9-6-2/h5,10-11H,1,6-9,12H2,2-4H3. The Labute approximate surface area is 89.4 Å². The van der Waals surface area contributed by atoms with E-state index in [1.165, 1.54) is 36.8 Å². The van der Waals surface area contributed by atoms with Gasteiger partial charge in [-0.25, -0.2) is 0 Å². The summed E-state index contributed by atoms with van der Waals surface area (Å²) >= 11 is 0. The Morgan fingerprint density at radius 2 is 1.71 bits per heavy atom. The summed E-state index contributed by atoms with van der Waals surface area (Å²) in [7, 11) is 0. The molecular weight excluding hydrogens is 168 g/mol. The quantitative estimate of drug-likeness (QED) is 0.496. The molecule has 0 aromatic carbocycles. The van der Waals surface area contributed by atoms with E-state index < -0.39 is 0 Å². The van der Waals surface area contributed by atoms with Crippen LogP contribution in [0.3, 0.4) is 0 Å². The van der Waals surface area contributed by atoms with Crippen LogP contribution in [0.1, 0.15) is 52.9 Å². The van der Waals surface area contributed by atoms with Crippen molar-refractivity contribution in [1.29, 1.82) is 0 Å². The van der Waals surface area contributed by atoms with Crippen LogP contribution in [0, 0.1) is 0 Å². The minimum atomic E-state index is 1.00. The van der Waals surface area contributed by atoms with Crippen LogP contribution in [-0.4, -0.2) is 0 Å². The molecule has 0 aromatic rings. The van der Waals surface area contributed by atoms with E-state index in [1.807, 2.05) is 6.08 Å². The summed E-state index contributed by atoms with van der Waals surface area (Å²) in [5, 5.41) is 0. The topological polar surface area (TPSA) is 0 Å². The van der Waals surface area contributed by atoms with Crippen molar-refractivity contribution in [2.45, 2.75) is 52.9 Å². The fraction of sp³-hybridized carbons (Fsp3) is 0.571. The van der Waals surface area contributed by atoms with Crippen molar-refractivity contribution >= 4 is 0 Å². The Hall–Kier alpha value is -0.780. The van der Waals surface area contributed by atoms with Gasteiger partial charge in [0, 0.05) is 0 Å². The van der Waals surface area contributed by atoms with Gasteiger partial charge in [0.05, 0.1) is 0 Å². The van der Waals surface area contributed by atoms with Gasteiger partial charge in [0.25, 0.3) is 0 Å². The lowest BCUT2D eigenvalue weighted by Gasteiger charge is -1.99. The molecule has 0 aliphatic rings. The maximum absolute atomic E-state index is 3.71. The molecule has 0 nitrogen and oxygen atoms in total. The first-order valence-electron chi connectivity index (χ1n) is 5.62. The normalized spacial score (nSPS) is 13.1. The Balaban J connectivity index is 3.71. The van der Waals surface area contributed by atoms with Gasteiger partial charge >= 0.3 is 0 Å². The average molecular weight is 192 g/mol. The molecule has 0 rings (SSSR count). The van der Waals surface area contributed by atoms with Crippen LogP contribution in [0.4, 0.5) is 0 Å². The molecule has 0 aromatic heterocycles. The summed E-state index contributed by atoms with van der Waals surface area (Å²) < 4.78 is 0. The smallest absolute Gasteiger partial charge is 0.0169 e. The second-order valence-corrected chi connectivity index (χ2v) is 3.91. The number of rotatable bonds is 7. The first-order valence-corrected chi connectivity index (χ1v) is 5.62. The van der Waals surface area contributed by atoms with E-state index >= 15 is 0 Å². The minimum Gasteiger partial charge on any atom is -0.103 e. The van der Waals surface area contributed by atoms with E-state index in [0.717, 1.165) is 6.42 Å². The third-order valence-corrected chi connectivity index (χ3v) is 2.31. The highest BCUT2D eigenvalue weighted by Gasteiger charge is 1.89. The molecule has 0 heteroatoms. The van der Waals surface area contributed by atoms with Gasteiger partial charge in [0.2, 0.25) is 0 Å². The predicted octanol–water partition coefficient (Wildman–Crippen LogP) is 5.04. The maximum atomic E-state index is 3.71. The van der Waals surface area contributed by atoms with Crippen LogP contribution in [0.15, 0.2) is 36.0 Å². The molecule has 0 atom stereocenters. The highest BCUT2D eigenvalue weighted by Crippen LogP contribution is 2.10. The molecule has 0 heterocycles. The van der Waals surface area contributed by atoms with E-state index in [0.29, 0.717) is 0 Å². The van der Waals surface area contributed by atoms with E-state index in [9.17, 15) is 0 Å². The summed E-state index contributed by atoms with van der Waals surface area (Å²) in [5.41, 5.74) is 3.01. The van der Waals surface area contributed by atoms with Gasteiger partial charge in [0.1, 0.15) is 0 Å². The van der Waals surface area contributed by atoms with Crippen molar-refractivity contribution in [2.75, 3.05) is 0 Å². The molecule has 0 bridgehead atoms. The lowest BCUT2D eigenvalue weighted by Crippen LogP contribution is -1.79. The van der Waals surface area contributed by atoms with Crippen LogP contribution in [0.5, 0.6) is 0 Å². The van der Waals surface area contributed by atoms with Crippen LogP contribution in [0.2, 0.25) is 0 Å². The lowest BCUT2D eigenvalue weighted by molar-refractivity contribution is 0.880. The third kappa shape index (κ3) is 7.85. The molecule has 80 valence electrons. The van der Waals surface area contributed by atoms with Gasteiger partial charge in [-0.2, -0.15) is 0 Å². The molecule has 0 saturated carbocycles. The number of hydrogen-bond donors (Lipinski definition) is 0. The molecule has 0 saturated heterocycles. The van der Waals surface area contributed by atoms with Crippen molar-refractivity contribution < 1.29 is 0 Å². The molecule has 0 amide bonds. The molecule has 0 spiro atoms. The predicted molar refractivity (Wildman–Crippen MR) is 66.5 cm³/mol. The second-order valence-electron chi connectivity index (χ2n) is 3.91. The largest absolute Gasteiger partial charge is 0.103 e. The molecule has 0 aliphatic carbocycles. The zero-order chi connectivity index (χ0) is 10.8. The van der Waals surface area contributed by atoms with Crippen LogP contribution < -0.4 is 0 Å². The monoisotopic (exact) mass is 192 g/mol. The van der Waals surface area contributed by atoms with Gasteiger partial charge in [-0.15, -0.1) is 6.58 Å². The van der Waals surface area contributed by atoms with E-state index in [1.54, 1.807) is 0 Å². The fourth-order valence-corrected chi connectivity index (χ4v) is 1.43. The Bertz CT molecular complexity index is 206. The Kier molecular flexibility index (Phi) is 8.31. The fourth-order valence-electron chi connectivity index (χ4n) is 1.43. The molecule has 0 fully saturated rings. The SMILES string of the molecule is C=CCC=C(C)CCC=C(C)CCC. The Morgan fingerprint density at radius 3 is 2.29 bits per heavy atom. The van der Waals surface area contributed by atoms with Crippen molar-refractivity contribution in [3.8, 4) is 0 Å². The van der Waals surface area contributed by atoms with Gasteiger partial charge in [-0.3, -0.25) is 0 Å². The summed E-state index contributed by atoms with van der Waals surface area (Å²) in [6.07, 6.45) is 12.5. The van der Waals surface area contributed by atoms with Crippen LogP contribution in [-0.2, 0) is 0 Å². The van der Waals surface area contributed by atoms with Crippen molar-refractivity contribution in [3.63, 3.8) is 0 Å². The highest BCUT2D eigenvalue weighted by molar-refractivity contribution is 5.04. The van der Waals surface area contributed by atoms with Crippen molar-refractivity contribution in [1.82, 2.24) is 0 Å². The molecule has 0 unspecified atom stereocenters. The zero-order valence-corrected chi connectivity index (χ0v) is 9.97. The minimum absolute atomic E-state index is 1.00. The van der Waals surface area contributed by atoms with Crippen molar-refractivity contribution in [3.05, 3.63) is 36.0 Å². The summed E-state index contributed by atoms with van der Waals surface area (Å²) in [6, 6.07) is 0. The summed E-state index contributed by atoms with van der Waals surface area (Å²) in [5.74, 6) is 0.